The van der Waals surface area contributed by atoms with Gasteiger partial charge in [-0.05, 0) is 55.5 Å². The highest BCUT2D eigenvalue weighted by molar-refractivity contribution is 5.87. The van der Waals surface area contributed by atoms with Crippen molar-refractivity contribution in [3.05, 3.63) is 84.4 Å². The molecule has 3 aromatic carbocycles. The highest BCUT2D eigenvalue weighted by Gasteiger charge is 2.28. The summed E-state index contributed by atoms with van der Waals surface area (Å²) in [5.74, 6) is 0.927. The average molecular weight is 476 g/mol. The number of aromatic nitrogens is 2. The van der Waals surface area contributed by atoms with Gasteiger partial charge in [0, 0.05) is 11.6 Å². The van der Waals surface area contributed by atoms with Gasteiger partial charge in [-0.2, -0.15) is 0 Å². The molecule has 0 radical (unpaired) electrons. The first-order valence-corrected chi connectivity index (χ1v) is 11.8. The Hall–Kier alpha value is -3.31. The molecule has 1 unspecified atom stereocenters. The number of hydrogen-bond donors (Lipinski definition) is 2. The van der Waals surface area contributed by atoms with Crippen LogP contribution < -0.4 is 17.7 Å². The lowest BCUT2D eigenvalue weighted by Crippen LogP contribution is -3.00. The molecule has 0 aliphatic heterocycles. The third-order valence-electron chi connectivity index (χ3n) is 6.57. The van der Waals surface area contributed by atoms with E-state index in [1.54, 1.807) is 12.1 Å². The van der Waals surface area contributed by atoms with E-state index in [1.807, 2.05) is 54.6 Å². The van der Waals surface area contributed by atoms with Gasteiger partial charge in [0.2, 0.25) is 5.91 Å². The minimum atomic E-state index is -0.407. The number of phenolic OH excluding ortho intramolecular Hbond substituents is 1. The molecular weight excluding hydrogens is 446 g/mol. The number of rotatable bonds is 7. The number of hydrogen-bond acceptors (Lipinski definition) is 3. The first kappa shape index (κ1) is 23.8. The number of carbonyl (C=O) groups is 1. The summed E-state index contributed by atoms with van der Waals surface area (Å²) in [6, 6.07) is 25.2. The molecular formula is C28H30ClN3O2. The molecule has 2 N–H and O–H groups in total. The van der Waals surface area contributed by atoms with Gasteiger partial charge in [-0.3, -0.25) is 4.79 Å². The maximum atomic E-state index is 13.7. The van der Waals surface area contributed by atoms with Crippen LogP contribution in [0.2, 0.25) is 0 Å². The Morgan fingerprint density at radius 2 is 1.76 bits per heavy atom. The van der Waals surface area contributed by atoms with Crippen LogP contribution in [0.25, 0.3) is 22.4 Å². The predicted molar refractivity (Wildman–Crippen MR) is 132 cm³/mol. The van der Waals surface area contributed by atoms with E-state index in [0.29, 0.717) is 12.2 Å². The van der Waals surface area contributed by atoms with Crippen molar-refractivity contribution in [1.82, 2.24) is 14.9 Å². The van der Waals surface area contributed by atoms with E-state index in [9.17, 15) is 9.90 Å². The Labute approximate surface area is 207 Å². The van der Waals surface area contributed by atoms with Gasteiger partial charge in [0.05, 0.1) is 11.0 Å². The zero-order valence-electron chi connectivity index (χ0n) is 20.0. The first-order chi connectivity index (χ1) is 16.2. The largest absolute Gasteiger partial charge is 1.00 e. The van der Waals surface area contributed by atoms with Crippen molar-refractivity contribution in [3.8, 4) is 17.1 Å². The zero-order valence-corrected chi connectivity index (χ0v) is 19.8. The normalized spacial score (nSPS) is 14.6. The number of para-hydroxylation sites is 2. The Bertz CT molecular complexity index is 1260. The van der Waals surface area contributed by atoms with E-state index in [-0.39, 0.29) is 31.5 Å². The molecule has 1 saturated carbocycles. The van der Waals surface area contributed by atoms with Crippen LogP contribution in [0.4, 0.5) is 0 Å². The van der Waals surface area contributed by atoms with Gasteiger partial charge in [0.1, 0.15) is 17.6 Å². The molecule has 1 aromatic heterocycles. The summed E-state index contributed by atoms with van der Waals surface area (Å²) >= 11 is 0. The fraction of sp³-hybridized carbons (Fsp3) is 0.286. The van der Waals surface area contributed by atoms with Crippen LogP contribution in [-0.4, -0.2) is 26.6 Å². The number of halogens is 1. The van der Waals surface area contributed by atoms with E-state index in [2.05, 4.69) is 22.0 Å². The monoisotopic (exact) mass is 475 g/mol. The van der Waals surface area contributed by atoms with Crippen molar-refractivity contribution in [2.24, 2.45) is 0 Å². The standard InChI is InChI=1S/C28H29N3O2.ClH/c32-23-14-8-11-21(19-23)27-30-24-15-6-7-16-25(24)31(27)26(18-17-20-9-2-1-3-10-20)28(33)29-22-12-4-5-13-22;/h1-3,6-11,14-16,19,22,26,32H,4-5,12-13,17-18H2,(H,29,33);1H. The number of nitrogens with one attached hydrogen (secondary N) is 1. The van der Waals surface area contributed by atoms with Crippen molar-refractivity contribution in [1.29, 1.82) is 0 Å². The van der Waals surface area contributed by atoms with E-state index >= 15 is 0 Å². The molecule has 1 aliphatic carbocycles. The molecule has 6 heteroatoms. The molecule has 0 bridgehead atoms. The number of nitrogens with zero attached hydrogens (tertiary/aromatic N) is 2. The highest BCUT2D eigenvalue weighted by atomic mass is 35.5. The van der Waals surface area contributed by atoms with Crippen molar-refractivity contribution >= 4 is 16.9 Å². The Morgan fingerprint density at radius 3 is 2.53 bits per heavy atom. The molecule has 1 amide bonds. The molecule has 4 aromatic rings. The third kappa shape index (κ3) is 5.10. The van der Waals surface area contributed by atoms with Crippen molar-refractivity contribution in [2.75, 3.05) is 0 Å². The summed E-state index contributed by atoms with van der Waals surface area (Å²) in [6.07, 6.45) is 5.87. The lowest BCUT2D eigenvalue weighted by atomic mass is 10.0. The Kier molecular flexibility index (Phi) is 7.53. The van der Waals surface area contributed by atoms with Crippen LogP contribution in [0.3, 0.4) is 0 Å². The van der Waals surface area contributed by atoms with Gasteiger partial charge in [-0.25, -0.2) is 4.98 Å². The lowest BCUT2D eigenvalue weighted by molar-refractivity contribution is -0.125. The number of fused-ring (bicyclic) bond motifs is 1. The molecule has 34 heavy (non-hydrogen) atoms. The molecule has 1 fully saturated rings. The summed E-state index contributed by atoms with van der Waals surface area (Å²) in [4.78, 5) is 18.6. The van der Waals surface area contributed by atoms with Crippen molar-refractivity contribution in [3.63, 3.8) is 0 Å². The maximum absolute atomic E-state index is 13.7. The molecule has 0 spiro atoms. The molecule has 5 rings (SSSR count). The van der Waals surface area contributed by atoms with Gasteiger partial charge in [0.15, 0.2) is 0 Å². The van der Waals surface area contributed by atoms with E-state index in [0.717, 1.165) is 35.9 Å². The summed E-state index contributed by atoms with van der Waals surface area (Å²) in [7, 11) is 0. The van der Waals surface area contributed by atoms with Crippen LogP contribution in [0, 0.1) is 0 Å². The minimum Gasteiger partial charge on any atom is -1.00 e. The summed E-state index contributed by atoms with van der Waals surface area (Å²) in [5, 5.41) is 13.4. The molecule has 176 valence electrons. The van der Waals surface area contributed by atoms with Crippen LogP contribution >= 0.6 is 0 Å². The first-order valence-electron chi connectivity index (χ1n) is 11.8. The lowest BCUT2D eigenvalue weighted by Gasteiger charge is -2.24. The fourth-order valence-corrected chi connectivity index (χ4v) is 4.90. The molecule has 5 nitrogen and oxygen atoms in total. The summed E-state index contributed by atoms with van der Waals surface area (Å²) in [6.45, 7) is 0. The smallest absolute Gasteiger partial charge is 1.00 e. The molecule has 1 heterocycles. The SMILES string of the molecule is O=C(NC1CCCC1)C(CCc1ccccc1)n1c(-c2cccc(O)c2)nc2ccccc21.[Cl-].[H+]. The molecule has 0 saturated heterocycles. The summed E-state index contributed by atoms with van der Waals surface area (Å²) < 4.78 is 2.07. The average Bonchev–Trinajstić information content (AvgIpc) is 3.48. The van der Waals surface area contributed by atoms with Crippen LogP contribution in [0.15, 0.2) is 78.9 Å². The van der Waals surface area contributed by atoms with Gasteiger partial charge in [-0.15, -0.1) is 0 Å². The van der Waals surface area contributed by atoms with Gasteiger partial charge >= 0.3 is 1.43 Å². The van der Waals surface area contributed by atoms with Gasteiger partial charge < -0.3 is 27.4 Å². The second-order valence-electron chi connectivity index (χ2n) is 8.87. The number of amides is 1. The van der Waals surface area contributed by atoms with Crippen molar-refractivity contribution < 1.29 is 23.7 Å². The van der Waals surface area contributed by atoms with E-state index in [4.69, 9.17) is 4.98 Å². The second-order valence-corrected chi connectivity index (χ2v) is 8.87. The number of phenols is 1. The van der Waals surface area contributed by atoms with E-state index < -0.39 is 6.04 Å². The number of aryl methyl sites for hydroxylation is 1. The molecule has 1 aliphatic rings. The minimum absolute atomic E-state index is 0. The predicted octanol–water partition coefficient (Wildman–Crippen LogP) is 2.76. The van der Waals surface area contributed by atoms with Crippen molar-refractivity contribution in [2.45, 2.75) is 50.6 Å². The quantitative estimate of drug-likeness (QED) is 0.432. The number of imidazole rings is 1. The number of benzene rings is 3. The number of aromatic hydroxyl groups is 1. The highest BCUT2D eigenvalue weighted by Crippen LogP contribution is 2.32. The third-order valence-corrected chi connectivity index (χ3v) is 6.57. The molecule has 1 atom stereocenters. The maximum Gasteiger partial charge on any atom is 1.00 e. The Balaban J connectivity index is 0.00000171. The van der Waals surface area contributed by atoms with Crippen LogP contribution in [-0.2, 0) is 11.2 Å². The van der Waals surface area contributed by atoms with Crippen LogP contribution in [0.1, 0.15) is 45.1 Å². The second kappa shape index (κ2) is 10.7. The fourth-order valence-electron chi connectivity index (χ4n) is 4.90. The number of carbonyl (C=O) groups excluding carboxylic acids is 1. The van der Waals surface area contributed by atoms with Gasteiger partial charge in [0.25, 0.3) is 0 Å². The van der Waals surface area contributed by atoms with E-state index in [1.165, 1.54) is 18.4 Å². The summed E-state index contributed by atoms with van der Waals surface area (Å²) in [5.41, 5.74) is 3.77. The van der Waals surface area contributed by atoms with Crippen LogP contribution in [0.5, 0.6) is 5.75 Å². The Morgan fingerprint density at radius 1 is 1.03 bits per heavy atom. The van der Waals surface area contributed by atoms with Gasteiger partial charge in [-0.1, -0.05) is 67.4 Å². The zero-order chi connectivity index (χ0) is 22.6. The topological polar surface area (TPSA) is 67.2 Å².